The van der Waals surface area contributed by atoms with E-state index in [2.05, 4.69) is 12.6 Å². The van der Waals surface area contributed by atoms with Gasteiger partial charge in [-0.05, 0) is 24.3 Å². The minimum Gasteiger partial charge on any atom is -0.463 e. The molecule has 2 saturated heterocycles. The van der Waals surface area contributed by atoms with Crippen molar-refractivity contribution < 1.29 is 76.1 Å². The Hall–Kier alpha value is -2.64. The predicted octanol–water partition coefficient (Wildman–Crippen LogP) is 1.52. The first-order valence-corrected chi connectivity index (χ1v) is 17.1. The average molecular weight is 727 g/mol. The number of thioether (sulfide) groups is 1. The van der Waals surface area contributed by atoms with E-state index in [1.807, 2.05) is 0 Å². The normalized spacial score (nSPS) is 30.0. The quantitative estimate of drug-likeness (QED) is 0.0980. The van der Waals surface area contributed by atoms with Crippen LogP contribution in [0.5, 0.6) is 0 Å². The lowest BCUT2D eigenvalue weighted by Gasteiger charge is -2.48. The molecular weight excluding hydrogens is 680 g/mol. The Labute approximate surface area is 289 Å². The largest absolute Gasteiger partial charge is 0.463 e. The van der Waals surface area contributed by atoms with Crippen LogP contribution in [-0.4, -0.2) is 128 Å². The van der Waals surface area contributed by atoms with Crippen molar-refractivity contribution in [1.29, 1.82) is 0 Å². The third-order valence-electron chi connectivity index (χ3n) is 6.90. The molecule has 0 N–H and O–H groups in total. The zero-order valence-electron chi connectivity index (χ0n) is 28.1. The average Bonchev–Trinajstić information content (AvgIpc) is 2.97. The summed E-state index contributed by atoms with van der Waals surface area (Å²) in [5.41, 5.74) is 0. The lowest BCUT2D eigenvalue weighted by atomic mass is 9.96. The molecule has 10 atom stereocenters. The number of rotatable bonds is 17. The van der Waals surface area contributed by atoms with Crippen LogP contribution in [0.1, 0.15) is 60.8 Å². The third-order valence-corrected chi connectivity index (χ3v) is 8.35. The lowest BCUT2D eigenvalue weighted by molar-refractivity contribution is -0.355. The SMILES string of the molecule is CO[C@@H]1O[C@H](COC(C)=O)[C@H](O[C@@H]2O[C@H](CSCCCCCS)[C@H](OC(C)=O)[C@H](OC(C)=O)[C@H]2OC(C)=O)[C@H](OC(C)=O)[C@H]1OC(C)=O. The van der Waals surface area contributed by atoms with Crippen molar-refractivity contribution in [3.8, 4) is 0 Å². The van der Waals surface area contributed by atoms with Crippen LogP contribution in [0.2, 0.25) is 0 Å². The monoisotopic (exact) mass is 726 g/mol. The van der Waals surface area contributed by atoms with Gasteiger partial charge in [0.25, 0.3) is 0 Å². The second-order valence-electron chi connectivity index (χ2n) is 11.0. The van der Waals surface area contributed by atoms with Crippen LogP contribution in [0.15, 0.2) is 0 Å². The topological polar surface area (TPSA) is 195 Å². The van der Waals surface area contributed by atoms with E-state index in [1.54, 1.807) is 0 Å². The van der Waals surface area contributed by atoms with Gasteiger partial charge in [-0.3, -0.25) is 28.8 Å². The van der Waals surface area contributed by atoms with Crippen molar-refractivity contribution in [3.05, 3.63) is 0 Å². The van der Waals surface area contributed by atoms with Gasteiger partial charge in [-0.15, -0.1) is 0 Å². The first-order valence-electron chi connectivity index (χ1n) is 15.4. The van der Waals surface area contributed by atoms with Gasteiger partial charge in [0.1, 0.15) is 24.9 Å². The molecule has 2 fully saturated rings. The Balaban J connectivity index is 2.62. The minimum atomic E-state index is -1.58. The summed E-state index contributed by atoms with van der Waals surface area (Å²) in [6.07, 6.45) is -10.7. The molecule has 2 aliphatic rings. The summed E-state index contributed by atoms with van der Waals surface area (Å²) < 4.78 is 56.9. The molecule has 0 bridgehead atoms. The molecule has 0 aromatic heterocycles. The number of carbonyl (C=O) groups is 6. The van der Waals surface area contributed by atoms with Crippen molar-refractivity contribution in [2.75, 3.05) is 31.0 Å². The molecule has 48 heavy (non-hydrogen) atoms. The summed E-state index contributed by atoms with van der Waals surface area (Å²) in [4.78, 5) is 73.2. The van der Waals surface area contributed by atoms with E-state index in [-0.39, 0.29) is 5.75 Å². The van der Waals surface area contributed by atoms with Crippen LogP contribution < -0.4 is 0 Å². The molecule has 0 unspecified atom stereocenters. The standard InChI is InChI=1S/C30H46O16S2/c1-15(31)38-13-21-23(25(40-17(3)33)27(42-19(5)35)29(37-7)44-21)46-30-28(43-20(6)36)26(41-18(4)34)24(39-16(2)32)22(45-30)14-48-12-10-8-9-11-47/h21-30,47H,8-14H2,1-7H3/t21-,22-,23+,24+,25+,26+,27-,28-,29-,30+/m1/s1. The van der Waals surface area contributed by atoms with Gasteiger partial charge in [-0.1, -0.05) is 6.42 Å². The molecule has 0 saturated carbocycles. The molecule has 0 aliphatic carbocycles. The number of unbranched alkanes of at least 4 members (excludes halogenated alkanes) is 2. The first-order chi connectivity index (χ1) is 22.7. The fourth-order valence-corrected chi connectivity index (χ4v) is 6.45. The summed E-state index contributed by atoms with van der Waals surface area (Å²) in [6.45, 7) is 6.36. The maximum absolute atomic E-state index is 12.4. The molecular formula is C30H46O16S2. The molecule has 0 amide bonds. The molecule has 274 valence electrons. The van der Waals surface area contributed by atoms with Crippen molar-refractivity contribution in [1.82, 2.24) is 0 Å². The van der Waals surface area contributed by atoms with Crippen LogP contribution in [-0.2, 0) is 76.1 Å². The van der Waals surface area contributed by atoms with Gasteiger partial charge in [-0.2, -0.15) is 24.4 Å². The Morgan fingerprint density at radius 1 is 0.583 bits per heavy atom. The van der Waals surface area contributed by atoms with E-state index >= 15 is 0 Å². The smallest absolute Gasteiger partial charge is 0.303 e. The van der Waals surface area contributed by atoms with E-state index in [4.69, 9.17) is 47.4 Å². The van der Waals surface area contributed by atoms with Gasteiger partial charge in [-0.25, -0.2) is 0 Å². The number of hydrogen-bond donors (Lipinski definition) is 1. The molecule has 2 rings (SSSR count). The van der Waals surface area contributed by atoms with E-state index in [0.29, 0.717) is 0 Å². The van der Waals surface area contributed by atoms with Gasteiger partial charge in [0.05, 0.1) is 0 Å². The summed E-state index contributed by atoms with van der Waals surface area (Å²) >= 11 is 5.72. The third kappa shape index (κ3) is 13.3. The van der Waals surface area contributed by atoms with Crippen molar-refractivity contribution in [2.24, 2.45) is 0 Å². The Morgan fingerprint density at radius 2 is 1.06 bits per heavy atom. The molecule has 0 spiro atoms. The number of thiol groups is 1. The van der Waals surface area contributed by atoms with Gasteiger partial charge in [0.2, 0.25) is 0 Å². The number of methoxy groups -OCH3 is 1. The predicted molar refractivity (Wildman–Crippen MR) is 169 cm³/mol. The lowest BCUT2D eigenvalue weighted by Crippen LogP contribution is -2.67. The molecule has 16 nitrogen and oxygen atoms in total. The number of ether oxygens (including phenoxy) is 10. The number of carbonyl (C=O) groups excluding carboxylic acids is 6. The number of esters is 6. The van der Waals surface area contributed by atoms with E-state index in [9.17, 15) is 28.8 Å². The zero-order valence-corrected chi connectivity index (χ0v) is 29.8. The highest BCUT2D eigenvalue weighted by Gasteiger charge is 2.57. The second kappa shape index (κ2) is 20.8. The molecule has 18 heteroatoms. The summed E-state index contributed by atoms with van der Waals surface area (Å²) in [5.74, 6) is -2.84. The number of hydrogen-bond acceptors (Lipinski definition) is 18. The van der Waals surface area contributed by atoms with Crippen molar-refractivity contribution in [3.63, 3.8) is 0 Å². The van der Waals surface area contributed by atoms with Crippen LogP contribution >= 0.6 is 24.4 Å². The first kappa shape index (κ1) is 41.5. The molecule has 2 heterocycles. The summed E-state index contributed by atoms with van der Waals surface area (Å²) in [6, 6.07) is 0. The molecule has 0 aromatic rings. The van der Waals surface area contributed by atoms with Gasteiger partial charge in [0, 0.05) is 54.4 Å². The summed E-state index contributed by atoms with van der Waals surface area (Å²) in [5, 5.41) is 0. The maximum Gasteiger partial charge on any atom is 0.303 e. The van der Waals surface area contributed by atoms with Gasteiger partial charge in [0.15, 0.2) is 43.1 Å². The minimum absolute atomic E-state index is 0.233. The van der Waals surface area contributed by atoms with Gasteiger partial charge < -0.3 is 47.4 Å². The Morgan fingerprint density at radius 3 is 1.56 bits per heavy atom. The Bertz CT molecular complexity index is 1100. The van der Waals surface area contributed by atoms with Crippen LogP contribution in [0.4, 0.5) is 0 Å². The van der Waals surface area contributed by atoms with Gasteiger partial charge >= 0.3 is 35.8 Å². The molecule has 0 aromatic carbocycles. The highest BCUT2D eigenvalue weighted by molar-refractivity contribution is 7.99. The summed E-state index contributed by atoms with van der Waals surface area (Å²) in [7, 11) is 1.26. The van der Waals surface area contributed by atoms with Crippen LogP contribution in [0.25, 0.3) is 0 Å². The van der Waals surface area contributed by atoms with E-state index in [1.165, 1.54) is 25.8 Å². The Kier molecular flexibility index (Phi) is 18.0. The second-order valence-corrected chi connectivity index (χ2v) is 12.6. The highest BCUT2D eigenvalue weighted by atomic mass is 32.2. The van der Waals surface area contributed by atoms with E-state index in [0.717, 1.165) is 65.4 Å². The fraction of sp³-hybridized carbons (Fsp3) is 0.800. The molecule has 0 radical (unpaired) electrons. The van der Waals surface area contributed by atoms with Crippen LogP contribution in [0.3, 0.4) is 0 Å². The van der Waals surface area contributed by atoms with E-state index < -0.39 is 104 Å². The fourth-order valence-electron chi connectivity index (χ4n) is 5.15. The van der Waals surface area contributed by atoms with Crippen LogP contribution in [0, 0.1) is 0 Å². The maximum atomic E-state index is 12.4. The highest BCUT2D eigenvalue weighted by Crippen LogP contribution is 2.36. The van der Waals surface area contributed by atoms with Crippen molar-refractivity contribution in [2.45, 2.75) is 122 Å². The van der Waals surface area contributed by atoms with Crippen molar-refractivity contribution >= 4 is 60.2 Å². The zero-order chi connectivity index (χ0) is 36.0. The molecule has 2 aliphatic heterocycles.